The second kappa shape index (κ2) is 6.74. The molecule has 9 heteroatoms. The Balaban J connectivity index is 2.23. The number of halogens is 1. The molecule has 0 aliphatic heterocycles. The standard InChI is InChI=1S/C12H17BrN2O4S2/c1-19-12(16)9-6-10(11(13)20-9)21(17,18)15-8-5-3-2-4-7(8)14/h6-8,15H,2-5,14H2,1H3/t7-,8-/m1/s1. The van der Waals surface area contributed by atoms with Crippen LogP contribution >= 0.6 is 27.3 Å². The van der Waals surface area contributed by atoms with Crippen LogP contribution in [-0.4, -0.2) is 33.6 Å². The number of thiophene rings is 1. The van der Waals surface area contributed by atoms with Gasteiger partial charge in [0.05, 0.1) is 10.9 Å². The van der Waals surface area contributed by atoms with Crippen molar-refractivity contribution >= 4 is 43.3 Å². The van der Waals surface area contributed by atoms with E-state index in [0.717, 1.165) is 37.0 Å². The minimum Gasteiger partial charge on any atom is -0.465 e. The second-order valence-corrected chi connectivity index (χ2v) is 8.97. The number of nitrogens with one attached hydrogen (secondary N) is 1. The topological polar surface area (TPSA) is 98.5 Å². The Bertz CT molecular complexity index is 629. The van der Waals surface area contributed by atoms with Gasteiger partial charge in [-0.1, -0.05) is 12.8 Å². The predicted octanol–water partition coefficient (Wildman–Crippen LogP) is 1.85. The smallest absolute Gasteiger partial charge is 0.348 e. The Labute approximate surface area is 136 Å². The van der Waals surface area contributed by atoms with Gasteiger partial charge in [-0.05, 0) is 34.8 Å². The first-order valence-corrected chi connectivity index (χ1v) is 9.60. The van der Waals surface area contributed by atoms with E-state index in [0.29, 0.717) is 3.79 Å². The van der Waals surface area contributed by atoms with Gasteiger partial charge in [0.25, 0.3) is 0 Å². The molecular weight excluding hydrogens is 380 g/mol. The van der Waals surface area contributed by atoms with Crippen molar-refractivity contribution in [1.82, 2.24) is 4.72 Å². The van der Waals surface area contributed by atoms with Crippen molar-refractivity contribution in [2.24, 2.45) is 5.73 Å². The van der Waals surface area contributed by atoms with E-state index in [9.17, 15) is 13.2 Å². The van der Waals surface area contributed by atoms with E-state index in [4.69, 9.17) is 5.73 Å². The van der Waals surface area contributed by atoms with Gasteiger partial charge in [0, 0.05) is 12.1 Å². The van der Waals surface area contributed by atoms with Gasteiger partial charge in [0.2, 0.25) is 10.0 Å². The van der Waals surface area contributed by atoms with Crippen LogP contribution in [0, 0.1) is 0 Å². The summed E-state index contributed by atoms with van der Waals surface area (Å²) in [6.45, 7) is 0. The third kappa shape index (κ3) is 3.84. The molecule has 21 heavy (non-hydrogen) atoms. The number of methoxy groups -OCH3 is 1. The van der Waals surface area contributed by atoms with Crippen LogP contribution in [0.4, 0.5) is 0 Å². The van der Waals surface area contributed by atoms with Crippen molar-refractivity contribution in [3.05, 3.63) is 14.7 Å². The third-order valence-corrected chi connectivity index (χ3v) is 7.18. The average molecular weight is 397 g/mol. The number of hydrogen-bond donors (Lipinski definition) is 2. The highest BCUT2D eigenvalue weighted by Crippen LogP contribution is 2.32. The Kier molecular flexibility index (Phi) is 5.42. The molecule has 1 fully saturated rings. The highest BCUT2D eigenvalue weighted by Gasteiger charge is 2.30. The van der Waals surface area contributed by atoms with Gasteiger partial charge in [-0.25, -0.2) is 17.9 Å². The summed E-state index contributed by atoms with van der Waals surface area (Å²) in [6.07, 6.45) is 3.52. The zero-order valence-corrected chi connectivity index (χ0v) is 14.7. The number of carbonyl (C=O) groups excluding carboxylic acids is 1. The molecule has 0 spiro atoms. The first kappa shape index (κ1) is 16.9. The van der Waals surface area contributed by atoms with E-state index >= 15 is 0 Å². The Morgan fingerprint density at radius 3 is 2.76 bits per heavy atom. The molecular formula is C12H17BrN2O4S2. The van der Waals surface area contributed by atoms with E-state index in [1.807, 2.05) is 0 Å². The fourth-order valence-electron chi connectivity index (χ4n) is 2.31. The Morgan fingerprint density at radius 1 is 1.48 bits per heavy atom. The molecule has 3 N–H and O–H groups in total. The van der Waals surface area contributed by atoms with Crippen LogP contribution < -0.4 is 10.5 Å². The van der Waals surface area contributed by atoms with E-state index in [-0.39, 0.29) is 21.9 Å². The van der Waals surface area contributed by atoms with Crippen molar-refractivity contribution in [2.45, 2.75) is 42.7 Å². The van der Waals surface area contributed by atoms with Crippen LogP contribution in [0.15, 0.2) is 14.7 Å². The van der Waals surface area contributed by atoms with Gasteiger partial charge in [-0.15, -0.1) is 11.3 Å². The summed E-state index contributed by atoms with van der Waals surface area (Å²) in [5.74, 6) is -0.559. The summed E-state index contributed by atoms with van der Waals surface area (Å²) in [7, 11) is -2.47. The van der Waals surface area contributed by atoms with Gasteiger partial charge in [0.1, 0.15) is 9.77 Å². The largest absolute Gasteiger partial charge is 0.465 e. The van der Waals surface area contributed by atoms with Gasteiger partial charge >= 0.3 is 5.97 Å². The molecule has 0 saturated heterocycles. The highest BCUT2D eigenvalue weighted by atomic mass is 79.9. The van der Waals surface area contributed by atoms with Crippen LogP contribution in [0.1, 0.15) is 35.4 Å². The maximum absolute atomic E-state index is 12.4. The molecule has 2 atom stereocenters. The SMILES string of the molecule is COC(=O)c1cc(S(=O)(=O)N[C@@H]2CCCC[C@H]2N)c(Br)s1. The van der Waals surface area contributed by atoms with Gasteiger partial charge < -0.3 is 10.5 Å². The van der Waals surface area contributed by atoms with Crippen LogP contribution in [-0.2, 0) is 14.8 Å². The fraction of sp³-hybridized carbons (Fsp3) is 0.583. The van der Waals surface area contributed by atoms with E-state index in [1.54, 1.807) is 0 Å². The quantitative estimate of drug-likeness (QED) is 0.756. The van der Waals surface area contributed by atoms with Gasteiger partial charge in [-0.2, -0.15) is 0 Å². The number of esters is 1. The van der Waals surface area contributed by atoms with Gasteiger partial charge in [-0.3, -0.25) is 0 Å². The van der Waals surface area contributed by atoms with Crippen molar-refractivity contribution in [2.75, 3.05) is 7.11 Å². The molecule has 0 aromatic carbocycles. The van der Waals surface area contributed by atoms with Crippen LogP contribution in [0.2, 0.25) is 0 Å². The van der Waals surface area contributed by atoms with Crippen molar-refractivity contribution in [1.29, 1.82) is 0 Å². The third-order valence-electron chi connectivity index (χ3n) is 3.46. The first-order chi connectivity index (χ1) is 9.85. The number of carbonyl (C=O) groups is 1. The molecule has 1 aliphatic carbocycles. The summed E-state index contributed by atoms with van der Waals surface area (Å²) in [5.41, 5.74) is 5.97. The first-order valence-electron chi connectivity index (χ1n) is 6.50. The second-order valence-electron chi connectivity index (χ2n) is 4.92. The van der Waals surface area contributed by atoms with E-state index < -0.39 is 16.0 Å². The lowest BCUT2D eigenvalue weighted by Gasteiger charge is -2.28. The molecule has 1 saturated carbocycles. The van der Waals surface area contributed by atoms with Crippen LogP contribution in [0.3, 0.4) is 0 Å². The summed E-state index contributed by atoms with van der Waals surface area (Å²) < 4.78 is 32.5. The lowest BCUT2D eigenvalue weighted by atomic mass is 9.92. The highest BCUT2D eigenvalue weighted by molar-refractivity contribution is 9.11. The number of ether oxygens (including phenoxy) is 1. The summed E-state index contributed by atoms with van der Waals surface area (Å²) in [4.78, 5) is 11.8. The zero-order chi connectivity index (χ0) is 15.6. The van der Waals surface area contributed by atoms with Gasteiger partial charge in [0.15, 0.2) is 0 Å². The van der Waals surface area contributed by atoms with Crippen molar-refractivity contribution < 1.29 is 17.9 Å². The minimum absolute atomic E-state index is 0.0469. The van der Waals surface area contributed by atoms with Crippen LogP contribution in [0.5, 0.6) is 0 Å². The van der Waals surface area contributed by atoms with Crippen molar-refractivity contribution in [3.8, 4) is 0 Å². The molecule has 6 nitrogen and oxygen atoms in total. The summed E-state index contributed by atoms with van der Waals surface area (Å²) in [6, 6.07) is 0.875. The summed E-state index contributed by atoms with van der Waals surface area (Å²) in [5, 5.41) is 0. The van der Waals surface area contributed by atoms with E-state index in [2.05, 4.69) is 25.4 Å². The predicted molar refractivity (Wildman–Crippen MR) is 83.9 cm³/mol. The minimum atomic E-state index is -3.72. The molecule has 2 rings (SSSR count). The monoisotopic (exact) mass is 396 g/mol. The number of nitrogens with two attached hydrogens (primary N) is 1. The molecule has 1 aromatic rings. The lowest BCUT2D eigenvalue weighted by molar-refractivity contribution is 0.0606. The molecule has 1 aromatic heterocycles. The van der Waals surface area contributed by atoms with Crippen molar-refractivity contribution in [3.63, 3.8) is 0 Å². The molecule has 1 heterocycles. The zero-order valence-electron chi connectivity index (χ0n) is 11.5. The fourth-order valence-corrected chi connectivity index (χ4v) is 6.11. The molecule has 0 radical (unpaired) electrons. The Morgan fingerprint density at radius 2 is 2.14 bits per heavy atom. The normalized spacial score (nSPS) is 23.0. The number of rotatable bonds is 4. The molecule has 0 unspecified atom stereocenters. The maximum Gasteiger partial charge on any atom is 0.348 e. The molecule has 0 amide bonds. The summed E-state index contributed by atoms with van der Waals surface area (Å²) >= 11 is 4.22. The number of hydrogen-bond acceptors (Lipinski definition) is 6. The molecule has 1 aliphatic rings. The molecule has 118 valence electrons. The van der Waals surface area contributed by atoms with Crippen LogP contribution in [0.25, 0.3) is 0 Å². The average Bonchev–Trinajstić information content (AvgIpc) is 2.83. The number of sulfonamides is 1. The molecule has 0 bridgehead atoms. The lowest BCUT2D eigenvalue weighted by Crippen LogP contribution is -2.49. The van der Waals surface area contributed by atoms with E-state index in [1.165, 1.54) is 13.2 Å². The Hall–Kier alpha value is -0.480. The maximum atomic E-state index is 12.4.